The van der Waals surface area contributed by atoms with Crippen LogP contribution in [0.3, 0.4) is 0 Å². The minimum absolute atomic E-state index is 0.162. The second-order valence-corrected chi connectivity index (χ2v) is 7.99. The van der Waals surface area contributed by atoms with Crippen molar-refractivity contribution in [3.8, 4) is 0 Å². The second kappa shape index (κ2) is 9.97. The fourth-order valence-electron chi connectivity index (χ4n) is 2.70. The molecule has 3 aromatic carbocycles. The zero-order valence-corrected chi connectivity index (χ0v) is 16.9. The van der Waals surface area contributed by atoms with E-state index in [9.17, 15) is 8.42 Å². The zero-order valence-electron chi connectivity index (χ0n) is 16.1. The van der Waals surface area contributed by atoms with Crippen molar-refractivity contribution >= 4 is 21.4 Å². The Labute approximate surface area is 171 Å². The standard InChI is InChI=1S/C22H23N3O3S/c1-28-16-15-23-29(26,27)21-14-8-13-20(17-21)24-25-22(18-9-4-2-5-10-18)19-11-6-3-7-12-19/h2-14,17,23-24H,15-16H2,1H3. The highest BCUT2D eigenvalue weighted by molar-refractivity contribution is 7.89. The molecule has 0 aliphatic rings. The summed E-state index contributed by atoms with van der Waals surface area (Å²) < 4.78 is 32.2. The van der Waals surface area contributed by atoms with Crippen LogP contribution < -0.4 is 10.1 Å². The van der Waals surface area contributed by atoms with Gasteiger partial charge in [-0.05, 0) is 18.2 Å². The third-order valence-corrected chi connectivity index (χ3v) is 5.59. The maximum absolute atomic E-state index is 12.4. The van der Waals surface area contributed by atoms with Gasteiger partial charge in [0.05, 0.1) is 22.9 Å². The molecule has 0 fully saturated rings. The number of sulfonamides is 1. The van der Waals surface area contributed by atoms with Crippen LogP contribution in [0.2, 0.25) is 0 Å². The third-order valence-electron chi connectivity index (χ3n) is 4.13. The van der Waals surface area contributed by atoms with E-state index in [-0.39, 0.29) is 11.4 Å². The van der Waals surface area contributed by atoms with E-state index in [2.05, 4.69) is 15.2 Å². The van der Waals surface area contributed by atoms with Gasteiger partial charge in [0.2, 0.25) is 10.0 Å². The molecule has 0 aliphatic carbocycles. The van der Waals surface area contributed by atoms with Gasteiger partial charge in [0, 0.05) is 24.8 Å². The molecule has 0 spiro atoms. The molecule has 3 rings (SSSR count). The van der Waals surface area contributed by atoms with Gasteiger partial charge in [-0.15, -0.1) is 0 Å². The average molecular weight is 410 g/mol. The lowest BCUT2D eigenvalue weighted by Gasteiger charge is -2.10. The van der Waals surface area contributed by atoms with E-state index in [4.69, 9.17) is 4.74 Å². The molecule has 150 valence electrons. The summed E-state index contributed by atoms with van der Waals surface area (Å²) in [5.74, 6) is 0. The number of hydrogen-bond acceptors (Lipinski definition) is 5. The van der Waals surface area contributed by atoms with Crippen LogP contribution in [-0.2, 0) is 14.8 Å². The number of rotatable bonds is 9. The van der Waals surface area contributed by atoms with Gasteiger partial charge in [0.15, 0.2) is 0 Å². The summed E-state index contributed by atoms with van der Waals surface area (Å²) >= 11 is 0. The van der Waals surface area contributed by atoms with Gasteiger partial charge >= 0.3 is 0 Å². The lowest BCUT2D eigenvalue weighted by Crippen LogP contribution is -2.27. The van der Waals surface area contributed by atoms with Crippen LogP contribution in [0.25, 0.3) is 0 Å². The van der Waals surface area contributed by atoms with Crippen molar-refractivity contribution in [1.29, 1.82) is 0 Å². The SMILES string of the molecule is COCCNS(=O)(=O)c1cccc(NN=C(c2ccccc2)c2ccccc2)c1. The number of methoxy groups -OCH3 is 1. The monoisotopic (exact) mass is 409 g/mol. The molecule has 7 heteroatoms. The summed E-state index contributed by atoms with van der Waals surface area (Å²) in [5.41, 5.74) is 6.24. The van der Waals surface area contributed by atoms with Gasteiger partial charge in [0.1, 0.15) is 0 Å². The zero-order chi connectivity index (χ0) is 20.5. The summed E-state index contributed by atoms with van der Waals surface area (Å²) in [6.45, 7) is 0.514. The smallest absolute Gasteiger partial charge is 0.240 e. The summed E-state index contributed by atoms with van der Waals surface area (Å²) in [6, 6.07) is 26.2. The minimum Gasteiger partial charge on any atom is -0.383 e. The molecule has 0 unspecified atom stereocenters. The van der Waals surface area contributed by atoms with Crippen molar-refractivity contribution in [2.45, 2.75) is 4.90 Å². The highest BCUT2D eigenvalue weighted by atomic mass is 32.2. The molecule has 0 aliphatic heterocycles. The predicted molar refractivity (Wildman–Crippen MR) is 116 cm³/mol. The molecule has 6 nitrogen and oxygen atoms in total. The van der Waals surface area contributed by atoms with Crippen LogP contribution in [0.4, 0.5) is 5.69 Å². The van der Waals surface area contributed by atoms with E-state index < -0.39 is 10.0 Å². The summed E-state index contributed by atoms with van der Waals surface area (Å²) in [5, 5.41) is 4.56. The lowest BCUT2D eigenvalue weighted by atomic mass is 10.0. The molecular formula is C22H23N3O3S. The number of ether oxygens (including phenoxy) is 1. The summed E-state index contributed by atoms with van der Waals surface area (Å²) in [6.07, 6.45) is 0. The van der Waals surface area contributed by atoms with Gasteiger partial charge < -0.3 is 4.74 Å². The van der Waals surface area contributed by atoms with E-state index in [1.54, 1.807) is 24.3 Å². The van der Waals surface area contributed by atoms with E-state index in [0.717, 1.165) is 16.8 Å². The first kappa shape index (κ1) is 20.7. The fraction of sp³-hybridized carbons (Fsp3) is 0.136. The van der Waals surface area contributed by atoms with Crippen molar-refractivity contribution in [2.24, 2.45) is 5.10 Å². The van der Waals surface area contributed by atoms with E-state index in [1.807, 2.05) is 60.7 Å². The summed E-state index contributed by atoms with van der Waals surface area (Å²) in [4.78, 5) is 0.162. The van der Waals surface area contributed by atoms with E-state index in [1.165, 1.54) is 7.11 Å². The molecule has 0 saturated carbocycles. The Morgan fingerprint density at radius 2 is 1.52 bits per heavy atom. The van der Waals surface area contributed by atoms with Crippen molar-refractivity contribution < 1.29 is 13.2 Å². The Morgan fingerprint density at radius 3 is 2.10 bits per heavy atom. The van der Waals surface area contributed by atoms with Crippen molar-refractivity contribution in [1.82, 2.24) is 4.72 Å². The minimum atomic E-state index is -3.62. The van der Waals surface area contributed by atoms with Crippen LogP contribution in [0.1, 0.15) is 11.1 Å². The Bertz CT molecular complexity index is 1010. The molecule has 0 bridgehead atoms. The predicted octanol–water partition coefficient (Wildman–Crippen LogP) is 3.48. The lowest BCUT2D eigenvalue weighted by molar-refractivity contribution is 0.204. The van der Waals surface area contributed by atoms with Crippen LogP contribution in [0, 0.1) is 0 Å². The van der Waals surface area contributed by atoms with Crippen LogP contribution in [0.15, 0.2) is 94.9 Å². The van der Waals surface area contributed by atoms with E-state index in [0.29, 0.717) is 12.3 Å². The van der Waals surface area contributed by atoms with Crippen molar-refractivity contribution in [3.63, 3.8) is 0 Å². The molecule has 3 aromatic rings. The molecule has 0 radical (unpaired) electrons. The van der Waals surface area contributed by atoms with Gasteiger partial charge in [0.25, 0.3) is 0 Å². The molecule has 0 atom stereocenters. The van der Waals surface area contributed by atoms with Gasteiger partial charge in [-0.3, -0.25) is 5.43 Å². The first-order chi connectivity index (χ1) is 14.1. The maximum atomic E-state index is 12.4. The Hall–Kier alpha value is -3.00. The number of benzene rings is 3. The average Bonchev–Trinajstić information content (AvgIpc) is 2.76. The normalized spacial score (nSPS) is 11.1. The molecule has 29 heavy (non-hydrogen) atoms. The van der Waals surface area contributed by atoms with Gasteiger partial charge in [-0.25, -0.2) is 13.1 Å². The topological polar surface area (TPSA) is 79.8 Å². The third kappa shape index (κ3) is 5.74. The second-order valence-electron chi connectivity index (χ2n) is 6.22. The fourth-order valence-corrected chi connectivity index (χ4v) is 3.76. The highest BCUT2D eigenvalue weighted by Gasteiger charge is 2.14. The number of anilines is 1. The van der Waals surface area contributed by atoms with Crippen LogP contribution in [-0.4, -0.2) is 34.4 Å². The van der Waals surface area contributed by atoms with E-state index >= 15 is 0 Å². The first-order valence-corrected chi connectivity index (χ1v) is 10.6. The number of nitrogens with one attached hydrogen (secondary N) is 2. The highest BCUT2D eigenvalue weighted by Crippen LogP contribution is 2.17. The van der Waals surface area contributed by atoms with Crippen LogP contribution >= 0.6 is 0 Å². The molecule has 0 saturated heterocycles. The van der Waals surface area contributed by atoms with Gasteiger partial charge in [-0.1, -0.05) is 66.7 Å². The number of hydrogen-bond donors (Lipinski definition) is 2. The quantitative estimate of drug-likeness (QED) is 0.322. The number of nitrogens with zero attached hydrogens (tertiary/aromatic N) is 1. The molecular weight excluding hydrogens is 386 g/mol. The molecule has 0 aromatic heterocycles. The Morgan fingerprint density at radius 1 is 0.897 bits per heavy atom. The van der Waals surface area contributed by atoms with Gasteiger partial charge in [-0.2, -0.15) is 5.10 Å². The number of hydrazone groups is 1. The summed E-state index contributed by atoms with van der Waals surface area (Å²) in [7, 11) is -2.09. The molecule has 2 N–H and O–H groups in total. The van der Waals surface area contributed by atoms with Crippen LogP contribution in [0.5, 0.6) is 0 Å². The molecule has 0 heterocycles. The molecule has 0 amide bonds. The maximum Gasteiger partial charge on any atom is 0.240 e. The first-order valence-electron chi connectivity index (χ1n) is 9.13. The van der Waals surface area contributed by atoms with Crippen molar-refractivity contribution in [3.05, 3.63) is 96.1 Å². The van der Waals surface area contributed by atoms with Crippen molar-refractivity contribution in [2.75, 3.05) is 25.7 Å². The Kier molecular flexibility index (Phi) is 7.13. The largest absolute Gasteiger partial charge is 0.383 e. The Balaban J connectivity index is 1.87.